The third-order valence-electron chi connectivity index (χ3n) is 6.64. The average molecular weight is 509 g/mol. The van der Waals surface area contributed by atoms with Crippen LogP contribution in [0.25, 0.3) is 0 Å². The molecule has 0 spiro atoms. The molecule has 2 heterocycles. The van der Waals surface area contributed by atoms with Crippen LogP contribution in [0, 0.1) is 0 Å². The van der Waals surface area contributed by atoms with Gasteiger partial charge in [-0.15, -0.1) is 0 Å². The van der Waals surface area contributed by atoms with E-state index in [0.29, 0.717) is 11.4 Å². The Hall–Kier alpha value is -3.13. The number of pyridine rings is 2. The number of amides is 1. The number of aryl methyl sites for hydroxylation is 2. The van der Waals surface area contributed by atoms with E-state index in [9.17, 15) is 14.4 Å². The number of carbonyl (C=O) groups excluding carboxylic acids is 3. The number of nitrogens with zero attached hydrogens (tertiary/aromatic N) is 2. The Morgan fingerprint density at radius 2 is 1.38 bits per heavy atom. The van der Waals surface area contributed by atoms with E-state index in [1.165, 1.54) is 12.5 Å². The second-order valence-corrected chi connectivity index (χ2v) is 10.9. The smallest absolute Gasteiger partial charge is 0.408 e. The molecule has 2 aliphatic carbocycles. The molecule has 8 nitrogen and oxygen atoms in total. The number of fused-ring (bicyclic) bond motifs is 2. The lowest BCUT2D eigenvalue weighted by molar-refractivity contribution is 0.0500. The minimum atomic E-state index is -0.519. The van der Waals surface area contributed by atoms with Crippen molar-refractivity contribution in [3.8, 4) is 0 Å². The Balaban J connectivity index is 0.000000220. The van der Waals surface area contributed by atoms with Crippen molar-refractivity contribution in [2.75, 3.05) is 0 Å². The molecule has 0 bridgehead atoms. The predicted molar refractivity (Wildman–Crippen MR) is 143 cm³/mol. The van der Waals surface area contributed by atoms with Gasteiger partial charge in [0.1, 0.15) is 17.0 Å². The van der Waals surface area contributed by atoms with Crippen LogP contribution in [0.15, 0.2) is 24.5 Å². The molecule has 200 valence electrons. The maximum Gasteiger partial charge on any atom is 0.408 e. The van der Waals surface area contributed by atoms with Crippen molar-refractivity contribution >= 4 is 17.7 Å². The summed E-state index contributed by atoms with van der Waals surface area (Å²) >= 11 is 0. The highest BCUT2D eigenvalue weighted by Gasteiger charge is 2.24. The van der Waals surface area contributed by atoms with E-state index >= 15 is 0 Å². The van der Waals surface area contributed by atoms with Crippen LogP contribution in [-0.2, 0) is 17.6 Å². The van der Waals surface area contributed by atoms with Crippen LogP contribution in [0.1, 0.15) is 128 Å². The number of aromatic nitrogens is 2. The summed E-state index contributed by atoms with van der Waals surface area (Å²) in [5.74, 6) is -0.0145. The molecule has 0 aromatic carbocycles. The Bertz CT molecular complexity index is 1140. The zero-order valence-corrected chi connectivity index (χ0v) is 22.7. The number of hydrogen-bond acceptors (Lipinski definition) is 7. The number of Topliss-reactive ketones (excluding diaryl/α,β-unsaturated/α-hetero) is 2. The quantitative estimate of drug-likeness (QED) is 0.409. The van der Waals surface area contributed by atoms with Gasteiger partial charge in [0.15, 0.2) is 11.6 Å². The second-order valence-electron chi connectivity index (χ2n) is 10.9. The van der Waals surface area contributed by atoms with Gasteiger partial charge in [0.25, 0.3) is 0 Å². The van der Waals surface area contributed by atoms with E-state index in [1.807, 2.05) is 32.9 Å². The first-order valence-corrected chi connectivity index (χ1v) is 13.2. The van der Waals surface area contributed by atoms with Crippen molar-refractivity contribution in [3.05, 3.63) is 58.2 Å². The van der Waals surface area contributed by atoms with E-state index in [2.05, 4.69) is 15.3 Å². The lowest BCUT2D eigenvalue weighted by Gasteiger charge is -2.24. The van der Waals surface area contributed by atoms with Gasteiger partial charge >= 0.3 is 6.09 Å². The largest absolute Gasteiger partial charge is 0.444 e. The molecule has 37 heavy (non-hydrogen) atoms. The minimum absolute atomic E-state index is 0.0237. The van der Waals surface area contributed by atoms with Gasteiger partial charge in [-0.2, -0.15) is 0 Å². The summed E-state index contributed by atoms with van der Waals surface area (Å²) in [7, 11) is 0. The molecule has 2 aromatic heterocycles. The van der Waals surface area contributed by atoms with Crippen molar-refractivity contribution < 1.29 is 19.1 Å². The molecule has 2 aromatic rings. The molecule has 0 saturated heterocycles. The summed E-state index contributed by atoms with van der Waals surface area (Å²) in [6.45, 7) is 8.59. The van der Waals surface area contributed by atoms with Gasteiger partial charge in [-0.3, -0.25) is 19.6 Å². The molecule has 3 N–H and O–H groups in total. The zero-order valence-electron chi connectivity index (χ0n) is 22.7. The van der Waals surface area contributed by atoms with E-state index in [4.69, 9.17) is 10.5 Å². The number of hydrogen-bond donors (Lipinski definition) is 2. The Labute approximate surface area is 219 Å². The van der Waals surface area contributed by atoms with Gasteiger partial charge in [-0.1, -0.05) is 12.8 Å². The summed E-state index contributed by atoms with van der Waals surface area (Å²) in [5, 5.41) is 2.93. The molecule has 0 radical (unpaired) electrons. The molecular formula is C29H40N4O4. The Morgan fingerprint density at radius 1 is 0.865 bits per heavy atom. The van der Waals surface area contributed by atoms with Crippen LogP contribution in [0.2, 0.25) is 0 Å². The number of alkyl carbamates (subject to hydrolysis) is 1. The third-order valence-corrected chi connectivity index (χ3v) is 6.64. The average Bonchev–Trinajstić information content (AvgIpc) is 3.13. The highest BCUT2D eigenvalue weighted by atomic mass is 16.6. The molecule has 0 aliphatic heterocycles. The van der Waals surface area contributed by atoms with Crippen LogP contribution >= 0.6 is 0 Å². The molecule has 2 atom stereocenters. The molecule has 4 rings (SSSR count). The fourth-order valence-electron chi connectivity index (χ4n) is 4.74. The van der Waals surface area contributed by atoms with Gasteiger partial charge in [0, 0.05) is 32.3 Å². The fraction of sp³-hybridized carbons (Fsp3) is 0.552. The molecule has 1 amide bonds. The first-order valence-electron chi connectivity index (χ1n) is 13.2. The number of carbonyl (C=O) groups is 3. The van der Waals surface area contributed by atoms with Gasteiger partial charge in [-0.05, 0) is 93.7 Å². The summed E-state index contributed by atoms with van der Waals surface area (Å²) in [6.07, 6.45) is 11.3. The van der Waals surface area contributed by atoms with Gasteiger partial charge in [-0.25, -0.2) is 4.79 Å². The van der Waals surface area contributed by atoms with Gasteiger partial charge < -0.3 is 15.8 Å². The van der Waals surface area contributed by atoms with Crippen LogP contribution in [-0.4, -0.2) is 33.2 Å². The van der Waals surface area contributed by atoms with E-state index in [-0.39, 0.29) is 23.7 Å². The number of rotatable bonds is 3. The van der Waals surface area contributed by atoms with E-state index in [1.54, 1.807) is 19.3 Å². The molecular weight excluding hydrogens is 468 g/mol. The topological polar surface area (TPSA) is 124 Å². The maximum atomic E-state index is 12.0. The minimum Gasteiger partial charge on any atom is -0.444 e. The normalized spacial score (nSPS) is 19.1. The summed E-state index contributed by atoms with van der Waals surface area (Å²) < 4.78 is 5.33. The van der Waals surface area contributed by atoms with Crippen molar-refractivity contribution in [1.29, 1.82) is 0 Å². The maximum absolute atomic E-state index is 12.0. The summed E-state index contributed by atoms with van der Waals surface area (Å²) in [5.41, 5.74) is 11.0. The third kappa shape index (κ3) is 8.18. The number of nitrogens with two attached hydrogens (primary N) is 1. The monoisotopic (exact) mass is 508 g/mol. The van der Waals surface area contributed by atoms with Crippen molar-refractivity contribution in [2.45, 2.75) is 104 Å². The first-order chi connectivity index (χ1) is 17.4. The van der Waals surface area contributed by atoms with Crippen LogP contribution in [0.4, 0.5) is 4.79 Å². The van der Waals surface area contributed by atoms with Gasteiger partial charge in [0.05, 0.1) is 6.04 Å². The van der Waals surface area contributed by atoms with Crippen LogP contribution < -0.4 is 11.1 Å². The highest BCUT2D eigenvalue weighted by molar-refractivity contribution is 5.92. The number of ketones is 2. The molecule has 0 fully saturated rings. The van der Waals surface area contributed by atoms with Crippen molar-refractivity contribution in [1.82, 2.24) is 15.3 Å². The van der Waals surface area contributed by atoms with Crippen LogP contribution in [0.5, 0.6) is 0 Å². The van der Waals surface area contributed by atoms with E-state index in [0.717, 1.165) is 68.1 Å². The van der Waals surface area contributed by atoms with Crippen LogP contribution in [0.3, 0.4) is 0 Å². The summed E-state index contributed by atoms with van der Waals surface area (Å²) in [6, 6.07) is 3.74. The highest BCUT2D eigenvalue weighted by Crippen LogP contribution is 2.29. The Morgan fingerprint density at radius 3 is 1.92 bits per heavy atom. The van der Waals surface area contributed by atoms with Gasteiger partial charge in [0.2, 0.25) is 0 Å². The Kier molecular flexibility index (Phi) is 9.54. The second kappa shape index (κ2) is 12.4. The van der Waals surface area contributed by atoms with Crippen molar-refractivity contribution in [2.24, 2.45) is 5.73 Å². The van der Waals surface area contributed by atoms with E-state index < -0.39 is 11.7 Å². The standard InChI is InChI=1S/C17H24N2O3.C12H16N2O/c1-11(20)15-9-12-7-5-6-8-14(13(12)10-18-15)19-16(21)22-17(2,3)4;1-8(15)12-6-9-4-2-3-5-11(13)10(9)7-14-12/h9-10,14H,5-8H2,1-4H3,(H,19,21);6-7,11H,2-5,13H2,1H3. The molecule has 2 unspecified atom stereocenters. The molecule has 2 aliphatic rings. The summed E-state index contributed by atoms with van der Waals surface area (Å²) in [4.78, 5) is 43.1. The number of ether oxygens (including phenoxy) is 1. The molecule has 8 heteroatoms. The fourth-order valence-corrected chi connectivity index (χ4v) is 4.74. The van der Waals surface area contributed by atoms with Crippen molar-refractivity contribution in [3.63, 3.8) is 0 Å². The zero-order chi connectivity index (χ0) is 27.2. The lowest BCUT2D eigenvalue weighted by Crippen LogP contribution is -2.35. The predicted octanol–water partition coefficient (Wildman–Crippen LogP) is 5.59. The molecule has 0 saturated carbocycles. The lowest BCUT2D eigenvalue weighted by atomic mass is 10.00. The SMILES string of the molecule is CC(=O)c1cc2c(cn1)C(N)CCCC2.CC(=O)c1cc2c(cn1)C(NC(=O)OC(C)(C)C)CCCC2. The first kappa shape index (κ1) is 28.4. The number of nitrogens with one attached hydrogen (secondary N) is 1.